The number of methoxy groups -OCH3 is 2. The van der Waals surface area contributed by atoms with Crippen molar-refractivity contribution in [1.29, 1.82) is 0 Å². The molecule has 27 heavy (non-hydrogen) atoms. The van der Waals surface area contributed by atoms with Crippen LogP contribution in [0, 0.1) is 0 Å². The maximum atomic E-state index is 13.0. The standard InChI is InChI=1S/C21H26FN3O2/c1-26-20-8-14-4-6-25-12-16(18-7-13(11-22)3-5-24-18)17(23)10-19(25)15(14)9-21(20)27-2/h3,5,7-9,16-17,19H,4,6,10-12,23H2,1-2H3/t16-,17-,19-/m0/s1. The molecule has 5 nitrogen and oxygen atoms in total. The molecule has 0 bridgehead atoms. The third kappa shape index (κ3) is 3.28. The van der Waals surface area contributed by atoms with E-state index in [1.165, 1.54) is 11.1 Å². The molecule has 3 heterocycles. The predicted octanol–water partition coefficient (Wildman–Crippen LogP) is 2.98. The molecule has 2 aliphatic rings. The monoisotopic (exact) mass is 371 g/mol. The van der Waals surface area contributed by atoms with Crippen molar-refractivity contribution in [2.75, 3.05) is 27.3 Å². The predicted molar refractivity (Wildman–Crippen MR) is 102 cm³/mol. The number of pyridine rings is 1. The molecule has 0 unspecified atom stereocenters. The molecule has 0 amide bonds. The van der Waals surface area contributed by atoms with Crippen LogP contribution in [0.4, 0.5) is 4.39 Å². The van der Waals surface area contributed by atoms with Gasteiger partial charge in [-0.25, -0.2) is 4.39 Å². The van der Waals surface area contributed by atoms with Crippen LogP contribution < -0.4 is 15.2 Å². The molecule has 0 spiro atoms. The van der Waals surface area contributed by atoms with Crippen LogP contribution in [0.25, 0.3) is 0 Å². The van der Waals surface area contributed by atoms with E-state index in [-0.39, 0.29) is 18.0 Å². The van der Waals surface area contributed by atoms with E-state index in [1.807, 2.05) is 6.07 Å². The number of ether oxygens (including phenoxy) is 2. The van der Waals surface area contributed by atoms with Gasteiger partial charge in [-0.05, 0) is 53.8 Å². The van der Waals surface area contributed by atoms with Gasteiger partial charge in [0.2, 0.25) is 0 Å². The Balaban J connectivity index is 1.63. The zero-order chi connectivity index (χ0) is 19.0. The molecule has 3 atom stereocenters. The molecule has 2 N–H and O–H groups in total. The summed E-state index contributed by atoms with van der Waals surface area (Å²) in [4.78, 5) is 6.96. The number of nitrogens with zero attached hydrogens (tertiary/aromatic N) is 2. The summed E-state index contributed by atoms with van der Waals surface area (Å²) in [6.45, 7) is 1.33. The normalized spacial score (nSPS) is 24.8. The molecule has 1 aromatic carbocycles. The number of alkyl halides is 1. The van der Waals surface area contributed by atoms with Gasteiger partial charge in [-0.2, -0.15) is 0 Å². The van der Waals surface area contributed by atoms with Gasteiger partial charge in [0.1, 0.15) is 6.67 Å². The van der Waals surface area contributed by atoms with E-state index in [1.54, 1.807) is 26.5 Å². The Morgan fingerprint density at radius 2 is 2.00 bits per heavy atom. The van der Waals surface area contributed by atoms with Gasteiger partial charge >= 0.3 is 0 Å². The summed E-state index contributed by atoms with van der Waals surface area (Å²) in [5, 5.41) is 0. The van der Waals surface area contributed by atoms with Gasteiger partial charge in [0.15, 0.2) is 11.5 Å². The van der Waals surface area contributed by atoms with Crippen LogP contribution in [-0.4, -0.2) is 43.2 Å². The third-order valence-electron chi connectivity index (χ3n) is 5.94. The number of halogens is 1. The SMILES string of the molecule is COc1cc2c(cc1OC)[C@@H]1C[C@H](N)[C@@H](c3cc(CF)ccn3)CN1CC2. The quantitative estimate of drug-likeness (QED) is 0.895. The van der Waals surface area contributed by atoms with Crippen LogP contribution in [0.15, 0.2) is 30.5 Å². The van der Waals surface area contributed by atoms with E-state index in [9.17, 15) is 4.39 Å². The summed E-state index contributed by atoms with van der Waals surface area (Å²) >= 11 is 0. The van der Waals surface area contributed by atoms with Crippen molar-refractivity contribution in [2.45, 2.75) is 37.5 Å². The fourth-order valence-electron chi connectivity index (χ4n) is 4.48. The maximum Gasteiger partial charge on any atom is 0.161 e. The third-order valence-corrected chi connectivity index (χ3v) is 5.94. The van der Waals surface area contributed by atoms with Crippen molar-refractivity contribution in [2.24, 2.45) is 5.73 Å². The summed E-state index contributed by atoms with van der Waals surface area (Å²) in [6, 6.07) is 8.01. The van der Waals surface area contributed by atoms with Crippen molar-refractivity contribution in [1.82, 2.24) is 9.88 Å². The van der Waals surface area contributed by atoms with Gasteiger partial charge in [0.05, 0.1) is 14.2 Å². The number of nitrogens with two attached hydrogens (primary N) is 1. The van der Waals surface area contributed by atoms with E-state index in [0.717, 1.165) is 43.1 Å². The zero-order valence-electron chi connectivity index (χ0n) is 15.8. The second-order valence-electron chi connectivity index (χ2n) is 7.40. The molecule has 1 saturated heterocycles. The van der Waals surface area contributed by atoms with Crippen LogP contribution in [0.5, 0.6) is 11.5 Å². The van der Waals surface area contributed by atoms with E-state index in [4.69, 9.17) is 15.2 Å². The van der Waals surface area contributed by atoms with Gasteiger partial charge in [-0.1, -0.05) is 0 Å². The van der Waals surface area contributed by atoms with Crippen LogP contribution >= 0.6 is 0 Å². The zero-order valence-corrected chi connectivity index (χ0v) is 15.8. The second-order valence-corrected chi connectivity index (χ2v) is 7.40. The van der Waals surface area contributed by atoms with Gasteiger partial charge < -0.3 is 15.2 Å². The number of hydrogen-bond donors (Lipinski definition) is 1. The summed E-state index contributed by atoms with van der Waals surface area (Å²) in [6.07, 6.45) is 3.49. The van der Waals surface area contributed by atoms with Crippen molar-refractivity contribution >= 4 is 0 Å². The van der Waals surface area contributed by atoms with Gasteiger partial charge in [-0.3, -0.25) is 9.88 Å². The largest absolute Gasteiger partial charge is 0.493 e. The van der Waals surface area contributed by atoms with Crippen molar-refractivity contribution in [3.63, 3.8) is 0 Å². The fraction of sp³-hybridized carbons (Fsp3) is 0.476. The molecule has 2 aromatic rings. The maximum absolute atomic E-state index is 13.0. The van der Waals surface area contributed by atoms with Crippen LogP contribution in [0.2, 0.25) is 0 Å². The number of aromatic nitrogens is 1. The number of rotatable bonds is 4. The first kappa shape index (κ1) is 18.2. The molecule has 2 aliphatic heterocycles. The topological polar surface area (TPSA) is 60.6 Å². The lowest BCUT2D eigenvalue weighted by Gasteiger charge is -2.46. The minimum Gasteiger partial charge on any atom is -0.493 e. The molecule has 6 heteroatoms. The number of hydrogen-bond acceptors (Lipinski definition) is 5. The fourth-order valence-corrected chi connectivity index (χ4v) is 4.48. The van der Waals surface area contributed by atoms with Gasteiger partial charge in [-0.15, -0.1) is 0 Å². The first-order valence-electron chi connectivity index (χ1n) is 9.39. The highest BCUT2D eigenvalue weighted by molar-refractivity contribution is 5.49. The minimum atomic E-state index is -0.473. The van der Waals surface area contributed by atoms with E-state index < -0.39 is 6.67 Å². The Hall–Kier alpha value is -2.18. The summed E-state index contributed by atoms with van der Waals surface area (Å²) in [7, 11) is 3.33. The molecular formula is C21H26FN3O2. The Kier molecular flexibility index (Phi) is 5.02. The molecule has 4 rings (SSSR count). The molecule has 0 saturated carbocycles. The lowest BCUT2D eigenvalue weighted by Crippen LogP contribution is -2.50. The van der Waals surface area contributed by atoms with Crippen molar-refractivity contribution in [3.8, 4) is 11.5 Å². The molecule has 0 aliphatic carbocycles. The Morgan fingerprint density at radius 3 is 2.74 bits per heavy atom. The van der Waals surface area contributed by atoms with Crippen LogP contribution in [-0.2, 0) is 13.1 Å². The first-order valence-corrected chi connectivity index (χ1v) is 9.39. The summed E-state index contributed by atoms with van der Waals surface area (Å²) in [5.41, 5.74) is 10.7. The molecular weight excluding hydrogens is 345 g/mol. The smallest absolute Gasteiger partial charge is 0.161 e. The van der Waals surface area contributed by atoms with Crippen molar-refractivity contribution in [3.05, 3.63) is 52.8 Å². The number of fused-ring (bicyclic) bond motifs is 3. The lowest BCUT2D eigenvalue weighted by molar-refractivity contribution is 0.108. The number of piperidine rings is 1. The Bertz CT molecular complexity index is 829. The van der Waals surface area contributed by atoms with E-state index >= 15 is 0 Å². The highest BCUT2D eigenvalue weighted by Gasteiger charge is 2.39. The second kappa shape index (κ2) is 7.44. The molecule has 144 valence electrons. The Morgan fingerprint density at radius 1 is 1.22 bits per heavy atom. The highest BCUT2D eigenvalue weighted by atomic mass is 19.1. The van der Waals surface area contributed by atoms with Gasteiger partial charge in [0.25, 0.3) is 0 Å². The average molecular weight is 371 g/mol. The molecule has 0 radical (unpaired) electrons. The summed E-state index contributed by atoms with van der Waals surface area (Å²) in [5.74, 6) is 1.65. The van der Waals surface area contributed by atoms with E-state index in [2.05, 4.69) is 22.0 Å². The molecule has 1 aromatic heterocycles. The Labute approximate surface area is 159 Å². The van der Waals surface area contributed by atoms with Crippen molar-refractivity contribution < 1.29 is 13.9 Å². The van der Waals surface area contributed by atoms with E-state index in [0.29, 0.717) is 5.56 Å². The van der Waals surface area contributed by atoms with Crippen LogP contribution in [0.1, 0.15) is 40.8 Å². The minimum absolute atomic E-state index is 0.0207. The first-order chi connectivity index (χ1) is 13.1. The lowest BCUT2D eigenvalue weighted by atomic mass is 9.79. The van der Waals surface area contributed by atoms with Crippen LogP contribution in [0.3, 0.4) is 0 Å². The average Bonchev–Trinajstić information content (AvgIpc) is 2.72. The molecule has 1 fully saturated rings. The highest BCUT2D eigenvalue weighted by Crippen LogP contribution is 2.43. The van der Waals surface area contributed by atoms with Gasteiger partial charge in [0, 0.05) is 43.0 Å². The summed E-state index contributed by atoms with van der Waals surface area (Å²) < 4.78 is 24.0. The number of benzene rings is 1.